The molecule has 1 unspecified atom stereocenters. The third-order valence-corrected chi connectivity index (χ3v) is 6.46. The maximum atomic E-state index is 12.8. The molecular weight excluding hydrogens is 338 g/mol. The van der Waals surface area contributed by atoms with E-state index in [-0.39, 0.29) is 12.0 Å². The van der Waals surface area contributed by atoms with E-state index in [2.05, 4.69) is 11.0 Å². The molecule has 1 spiro atoms. The highest BCUT2D eigenvalue weighted by atomic mass is 35.5. The van der Waals surface area contributed by atoms with Gasteiger partial charge in [0.2, 0.25) is 0 Å². The standard InChI is InChI=1S/C20H20ClNO3/c21-13-6-4-12(5-7-13)18(23)17-15-9-8-14-11-20(15,25-19(17)24)16-3-1-2-10-22(14)16/h4-9,14,16,18,23H,1-3,10-11H2/t14-,16+,18?,20+/m1/s1. The Balaban J connectivity index is 1.60. The molecule has 2 fully saturated rings. The molecule has 5 heteroatoms. The number of nitrogens with zero attached hydrogens (tertiary/aromatic N) is 1. The van der Waals surface area contributed by atoms with E-state index in [1.165, 1.54) is 6.42 Å². The molecule has 0 aromatic heterocycles. The molecule has 1 aliphatic carbocycles. The largest absolute Gasteiger partial charge is 0.449 e. The number of fused-ring (bicyclic) bond motifs is 3. The van der Waals surface area contributed by atoms with Crippen molar-refractivity contribution in [3.8, 4) is 0 Å². The SMILES string of the molecule is O=C1O[C@@]23C[C@@H](C=CC2=C1C(O)c1ccc(Cl)cc1)N1CCCC[C@H]13. The highest BCUT2D eigenvalue weighted by Crippen LogP contribution is 2.54. The molecule has 4 nitrogen and oxygen atoms in total. The van der Waals surface area contributed by atoms with Crippen molar-refractivity contribution in [1.82, 2.24) is 4.90 Å². The fraction of sp³-hybridized carbons (Fsp3) is 0.450. The third-order valence-electron chi connectivity index (χ3n) is 6.21. The Kier molecular flexibility index (Phi) is 3.40. The second kappa shape index (κ2) is 5.44. The zero-order valence-corrected chi connectivity index (χ0v) is 14.6. The molecule has 25 heavy (non-hydrogen) atoms. The van der Waals surface area contributed by atoms with Crippen LogP contribution in [0.25, 0.3) is 0 Å². The third kappa shape index (κ3) is 2.11. The first-order chi connectivity index (χ1) is 12.1. The summed E-state index contributed by atoms with van der Waals surface area (Å²) < 4.78 is 6.00. The first-order valence-corrected chi connectivity index (χ1v) is 9.33. The molecule has 4 aliphatic rings. The lowest BCUT2D eigenvalue weighted by molar-refractivity contribution is -0.150. The molecule has 0 amide bonds. The smallest absolute Gasteiger partial charge is 0.338 e. The van der Waals surface area contributed by atoms with Crippen LogP contribution < -0.4 is 0 Å². The van der Waals surface area contributed by atoms with Gasteiger partial charge in [-0.05, 0) is 37.1 Å². The number of carbonyl (C=O) groups is 1. The van der Waals surface area contributed by atoms with Crippen LogP contribution in [0.2, 0.25) is 5.02 Å². The number of rotatable bonds is 2. The summed E-state index contributed by atoms with van der Waals surface area (Å²) in [7, 11) is 0. The van der Waals surface area contributed by atoms with Gasteiger partial charge in [0.15, 0.2) is 5.60 Å². The summed E-state index contributed by atoms with van der Waals surface area (Å²) in [6.07, 6.45) is 7.42. The summed E-state index contributed by atoms with van der Waals surface area (Å²) in [6.45, 7) is 1.06. The Morgan fingerprint density at radius 1 is 1.28 bits per heavy atom. The van der Waals surface area contributed by atoms with Gasteiger partial charge in [-0.2, -0.15) is 0 Å². The maximum absolute atomic E-state index is 12.8. The zero-order chi connectivity index (χ0) is 17.2. The molecule has 2 saturated heterocycles. The summed E-state index contributed by atoms with van der Waals surface area (Å²) in [5.41, 5.74) is 1.37. The number of hydrogen-bond acceptors (Lipinski definition) is 4. The van der Waals surface area contributed by atoms with E-state index in [1.54, 1.807) is 24.3 Å². The fourth-order valence-electron chi connectivity index (χ4n) is 5.12. The lowest BCUT2D eigenvalue weighted by Crippen LogP contribution is -2.48. The topological polar surface area (TPSA) is 49.8 Å². The van der Waals surface area contributed by atoms with Gasteiger partial charge >= 0.3 is 5.97 Å². The predicted octanol–water partition coefficient (Wildman–Crippen LogP) is 3.16. The summed E-state index contributed by atoms with van der Waals surface area (Å²) in [6, 6.07) is 7.55. The monoisotopic (exact) mass is 357 g/mol. The molecular formula is C20H20ClNO3. The van der Waals surface area contributed by atoms with Crippen molar-refractivity contribution >= 4 is 17.6 Å². The number of hydrogen-bond donors (Lipinski definition) is 1. The van der Waals surface area contributed by atoms with E-state index in [1.807, 2.05) is 6.08 Å². The molecule has 1 aromatic rings. The van der Waals surface area contributed by atoms with Crippen molar-refractivity contribution in [2.24, 2.45) is 0 Å². The summed E-state index contributed by atoms with van der Waals surface area (Å²) in [4.78, 5) is 15.2. The Morgan fingerprint density at radius 2 is 2.08 bits per heavy atom. The Labute approximate surface area is 151 Å². The van der Waals surface area contributed by atoms with E-state index in [0.717, 1.165) is 31.4 Å². The van der Waals surface area contributed by atoms with Crippen molar-refractivity contribution in [2.45, 2.75) is 49.5 Å². The van der Waals surface area contributed by atoms with Gasteiger partial charge in [-0.15, -0.1) is 0 Å². The van der Waals surface area contributed by atoms with E-state index < -0.39 is 11.7 Å². The van der Waals surface area contributed by atoms with Crippen molar-refractivity contribution in [2.75, 3.05) is 6.54 Å². The van der Waals surface area contributed by atoms with E-state index in [4.69, 9.17) is 16.3 Å². The van der Waals surface area contributed by atoms with Crippen LogP contribution in [-0.4, -0.2) is 40.2 Å². The van der Waals surface area contributed by atoms with Gasteiger partial charge in [-0.25, -0.2) is 4.79 Å². The van der Waals surface area contributed by atoms with Crippen LogP contribution in [0.3, 0.4) is 0 Å². The number of benzene rings is 1. The predicted molar refractivity (Wildman–Crippen MR) is 94.2 cm³/mol. The normalized spacial score (nSPS) is 34.7. The number of halogens is 1. The average Bonchev–Trinajstić information content (AvgIpc) is 3.06. The Bertz CT molecular complexity index is 800. The minimum Gasteiger partial charge on any atom is -0.449 e. The molecule has 4 atom stereocenters. The van der Waals surface area contributed by atoms with Crippen LogP contribution in [-0.2, 0) is 9.53 Å². The van der Waals surface area contributed by atoms with Gasteiger partial charge in [-0.3, -0.25) is 4.90 Å². The Morgan fingerprint density at radius 3 is 2.88 bits per heavy atom. The van der Waals surface area contributed by atoms with Crippen LogP contribution >= 0.6 is 11.6 Å². The molecule has 5 rings (SSSR count). The minimum atomic E-state index is -0.988. The number of aliphatic hydroxyl groups is 1. The molecule has 3 aliphatic heterocycles. The molecule has 3 heterocycles. The molecule has 0 saturated carbocycles. The van der Waals surface area contributed by atoms with Gasteiger partial charge < -0.3 is 9.84 Å². The summed E-state index contributed by atoms with van der Waals surface area (Å²) in [5.74, 6) is -0.379. The summed E-state index contributed by atoms with van der Waals surface area (Å²) >= 11 is 5.94. The molecule has 1 aromatic carbocycles. The quantitative estimate of drug-likeness (QED) is 0.826. The Hall–Kier alpha value is -1.62. The number of esters is 1. The maximum Gasteiger partial charge on any atom is 0.338 e. The highest BCUT2D eigenvalue weighted by molar-refractivity contribution is 6.30. The average molecular weight is 358 g/mol. The highest BCUT2D eigenvalue weighted by Gasteiger charge is 2.62. The van der Waals surface area contributed by atoms with Gasteiger partial charge in [0, 0.05) is 23.1 Å². The molecule has 2 bridgehead atoms. The lowest BCUT2D eigenvalue weighted by atomic mass is 9.78. The number of aliphatic hydroxyl groups excluding tert-OH is 1. The fourth-order valence-corrected chi connectivity index (χ4v) is 5.24. The van der Waals surface area contributed by atoms with E-state index in [9.17, 15) is 9.90 Å². The van der Waals surface area contributed by atoms with Crippen molar-refractivity contribution in [3.63, 3.8) is 0 Å². The second-order valence-electron chi connectivity index (χ2n) is 7.44. The summed E-state index contributed by atoms with van der Waals surface area (Å²) in [5, 5.41) is 11.5. The number of ether oxygens (including phenoxy) is 1. The first kappa shape index (κ1) is 15.6. The second-order valence-corrected chi connectivity index (χ2v) is 7.88. The van der Waals surface area contributed by atoms with E-state index >= 15 is 0 Å². The lowest BCUT2D eigenvalue weighted by Gasteiger charge is -2.37. The van der Waals surface area contributed by atoms with Crippen LogP contribution in [0, 0.1) is 0 Å². The van der Waals surface area contributed by atoms with Gasteiger partial charge in [0.1, 0.15) is 6.10 Å². The molecule has 1 N–H and O–H groups in total. The minimum absolute atomic E-state index is 0.232. The van der Waals surface area contributed by atoms with Crippen molar-refractivity contribution in [1.29, 1.82) is 0 Å². The molecule has 0 radical (unpaired) electrons. The van der Waals surface area contributed by atoms with Crippen LogP contribution in [0.1, 0.15) is 37.4 Å². The van der Waals surface area contributed by atoms with Crippen molar-refractivity contribution < 1.29 is 14.6 Å². The van der Waals surface area contributed by atoms with Crippen LogP contribution in [0.5, 0.6) is 0 Å². The van der Waals surface area contributed by atoms with Crippen molar-refractivity contribution in [3.05, 3.63) is 58.1 Å². The van der Waals surface area contributed by atoms with Gasteiger partial charge in [0.25, 0.3) is 0 Å². The van der Waals surface area contributed by atoms with Gasteiger partial charge in [-0.1, -0.05) is 42.3 Å². The number of piperidine rings is 1. The van der Waals surface area contributed by atoms with E-state index in [0.29, 0.717) is 22.2 Å². The number of carbonyl (C=O) groups excluding carboxylic acids is 1. The molecule has 130 valence electrons. The van der Waals surface area contributed by atoms with Gasteiger partial charge in [0.05, 0.1) is 11.6 Å². The first-order valence-electron chi connectivity index (χ1n) is 8.95. The van der Waals surface area contributed by atoms with Crippen LogP contribution in [0.4, 0.5) is 0 Å². The van der Waals surface area contributed by atoms with Crippen LogP contribution in [0.15, 0.2) is 47.6 Å². The zero-order valence-electron chi connectivity index (χ0n) is 13.8.